The Balaban J connectivity index is 2.16. The van der Waals surface area contributed by atoms with Gasteiger partial charge in [0.25, 0.3) is 0 Å². The molecule has 1 aliphatic rings. The van der Waals surface area contributed by atoms with E-state index in [2.05, 4.69) is 38.1 Å². The Morgan fingerprint density at radius 3 is 2.74 bits per heavy atom. The SMILES string of the molecule is CNc1nc(-c2cnccc2C)nc(C2CC2)c1Br. The molecule has 0 aliphatic heterocycles. The van der Waals surface area contributed by atoms with E-state index in [4.69, 9.17) is 4.98 Å². The summed E-state index contributed by atoms with van der Waals surface area (Å²) in [4.78, 5) is 13.5. The quantitative estimate of drug-likeness (QED) is 0.940. The summed E-state index contributed by atoms with van der Waals surface area (Å²) in [6.45, 7) is 2.05. The van der Waals surface area contributed by atoms with Crippen LogP contribution in [0.4, 0.5) is 5.82 Å². The highest BCUT2D eigenvalue weighted by Gasteiger charge is 2.29. The van der Waals surface area contributed by atoms with Crippen molar-refractivity contribution >= 4 is 21.7 Å². The number of rotatable bonds is 3. The standard InChI is InChI=1S/C14H15BrN4/c1-8-5-6-17-7-10(8)13-18-12(9-3-4-9)11(15)14(16-2)19-13/h5-7,9H,3-4H2,1-2H3,(H,16,18,19). The van der Waals surface area contributed by atoms with Gasteiger partial charge in [0.1, 0.15) is 5.82 Å². The number of hydrogen-bond acceptors (Lipinski definition) is 4. The van der Waals surface area contributed by atoms with Gasteiger partial charge in [-0.05, 0) is 47.3 Å². The fourth-order valence-corrected chi connectivity index (χ4v) is 2.78. The average molecular weight is 319 g/mol. The van der Waals surface area contributed by atoms with E-state index in [-0.39, 0.29) is 0 Å². The second kappa shape index (κ2) is 4.89. The van der Waals surface area contributed by atoms with Crippen LogP contribution in [0.15, 0.2) is 22.9 Å². The molecule has 1 aliphatic carbocycles. The van der Waals surface area contributed by atoms with E-state index < -0.39 is 0 Å². The summed E-state index contributed by atoms with van der Waals surface area (Å²) in [5.41, 5.74) is 3.24. The van der Waals surface area contributed by atoms with Crippen LogP contribution in [0.2, 0.25) is 0 Å². The van der Waals surface area contributed by atoms with Gasteiger partial charge in [-0.2, -0.15) is 0 Å². The van der Waals surface area contributed by atoms with E-state index in [0.717, 1.165) is 32.9 Å². The van der Waals surface area contributed by atoms with Crippen molar-refractivity contribution < 1.29 is 0 Å². The van der Waals surface area contributed by atoms with Gasteiger partial charge in [-0.25, -0.2) is 9.97 Å². The third kappa shape index (κ3) is 2.34. The molecule has 0 radical (unpaired) electrons. The molecule has 0 aromatic carbocycles. The highest BCUT2D eigenvalue weighted by Crippen LogP contribution is 2.44. The number of halogens is 1. The van der Waals surface area contributed by atoms with Gasteiger partial charge in [-0.1, -0.05) is 0 Å². The Labute approximate surface area is 120 Å². The van der Waals surface area contributed by atoms with Gasteiger partial charge in [0.05, 0.1) is 10.2 Å². The van der Waals surface area contributed by atoms with Crippen LogP contribution in [0.25, 0.3) is 11.4 Å². The second-order valence-electron chi connectivity index (χ2n) is 4.81. The summed E-state index contributed by atoms with van der Waals surface area (Å²) >= 11 is 3.60. The maximum Gasteiger partial charge on any atom is 0.163 e. The van der Waals surface area contributed by atoms with Gasteiger partial charge < -0.3 is 5.32 Å². The highest BCUT2D eigenvalue weighted by molar-refractivity contribution is 9.10. The van der Waals surface area contributed by atoms with Gasteiger partial charge in [0, 0.05) is 30.9 Å². The normalized spacial score (nSPS) is 14.5. The van der Waals surface area contributed by atoms with Gasteiger partial charge in [-0.15, -0.1) is 0 Å². The molecule has 2 heterocycles. The summed E-state index contributed by atoms with van der Waals surface area (Å²) in [6, 6.07) is 1.98. The number of aryl methyl sites for hydroxylation is 1. The van der Waals surface area contributed by atoms with Crippen LogP contribution in [0.3, 0.4) is 0 Å². The second-order valence-corrected chi connectivity index (χ2v) is 5.60. The van der Waals surface area contributed by atoms with E-state index in [1.54, 1.807) is 6.20 Å². The summed E-state index contributed by atoms with van der Waals surface area (Å²) in [6.07, 6.45) is 6.04. The molecule has 0 unspecified atom stereocenters. The Hall–Kier alpha value is -1.49. The van der Waals surface area contributed by atoms with Gasteiger partial charge in [0.15, 0.2) is 5.82 Å². The zero-order valence-electron chi connectivity index (χ0n) is 10.9. The number of pyridine rings is 1. The molecule has 0 amide bonds. The molecule has 5 heteroatoms. The van der Waals surface area contributed by atoms with Crippen molar-refractivity contribution in [3.63, 3.8) is 0 Å². The van der Waals surface area contributed by atoms with Crippen LogP contribution in [-0.4, -0.2) is 22.0 Å². The smallest absolute Gasteiger partial charge is 0.163 e. The molecule has 3 rings (SSSR count). The van der Waals surface area contributed by atoms with E-state index >= 15 is 0 Å². The summed E-state index contributed by atoms with van der Waals surface area (Å²) < 4.78 is 0.989. The summed E-state index contributed by atoms with van der Waals surface area (Å²) in [5, 5.41) is 3.13. The summed E-state index contributed by atoms with van der Waals surface area (Å²) in [7, 11) is 1.88. The maximum atomic E-state index is 4.74. The lowest BCUT2D eigenvalue weighted by Crippen LogP contribution is -2.03. The predicted molar refractivity (Wildman–Crippen MR) is 79.2 cm³/mol. The van der Waals surface area contributed by atoms with E-state index in [1.165, 1.54) is 12.8 Å². The fourth-order valence-electron chi connectivity index (χ4n) is 2.08. The predicted octanol–water partition coefficient (Wildman–Crippen LogP) is 3.53. The van der Waals surface area contributed by atoms with E-state index in [0.29, 0.717) is 5.92 Å². The Bertz CT molecular complexity index is 623. The number of nitrogens with zero attached hydrogens (tertiary/aromatic N) is 3. The highest BCUT2D eigenvalue weighted by atomic mass is 79.9. The molecule has 1 saturated carbocycles. The molecule has 19 heavy (non-hydrogen) atoms. The monoisotopic (exact) mass is 318 g/mol. The van der Waals surface area contributed by atoms with Gasteiger partial charge in [-0.3, -0.25) is 4.98 Å². The molecule has 0 spiro atoms. The van der Waals surface area contributed by atoms with Crippen molar-refractivity contribution in [1.29, 1.82) is 0 Å². The third-order valence-electron chi connectivity index (χ3n) is 3.36. The fraction of sp³-hybridized carbons (Fsp3) is 0.357. The molecule has 1 fully saturated rings. The van der Waals surface area contributed by atoms with Crippen LogP contribution < -0.4 is 5.32 Å². The first kappa shape index (κ1) is 12.5. The van der Waals surface area contributed by atoms with Crippen LogP contribution in [-0.2, 0) is 0 Å². The van der Waals surface area contributed by atoms with E-state index in [1.807, 2.05) is 19.3 Å². The number of hydrogen-bond donors (Lipinski definition) is 1. The first-order valence-electron chi connectivity index (χ1n) is 6.37. The van der Waals surface area contributed by atoms with Crippen LogP contribution in [0.5, 0.6) is 0 Å². The Morgan fingerprint density at radius 2 is 2.11 bits per heavy atom. The van der Waals surface area contributed by atoms with Crippen molar-refractivity contribution in [3.05, 3.63) is 34.2 Å². The molecule has 0 saturated heterocycles. The average Bonchev–Trinajstić information content (AvgIpc) is 3.24. The van der Waals surface area contributed by atoms with E-state index in [9.17, 15) is 0 Å². The Morgan fingerprint density at radius 1 is 1.32 bits per heavy atom. The van der Waals surface area contributed by atoms with Gasteiger partial charge >= 0.3 is 0 Å². The molecule has 1 N–H and O–H groups in total. The maximum absolute atomic E-state index is 4.74. The van der Waals surface area contributed by atoms with Crippen LogP contribution in [0.1, 0.15) is 30.0 Å². The molecular formula is C14H15BrN4. The van der Waals surface area contributed by atoms with Crippen LogP contribution >= 0.6 is 15.9 Å². The molecule has 0 atom stereocenters. The minimum atomic E-state index is 0.570. The number of nitrogens with one attached hydrogen (secondary N) is 1. The first-order valence-corrected chi connectivity index (χ1v) is 7.16. The molecule has 4 nitrogen and oxygen atoms in total. The zero-order chi connectivity index (χ0) is 13.4. The minimum Gasteiger partial charge on any atom is -0.372 e. The Kier molecular flexibility index (Phi) is 3.22. The van der Waals surface area contributed by atoms with Gasteiger partial charge in [0.2, 0.25) is 0 Å². The third-order valence-corrected chi connectivity index (χ3v) is 4.14. The van der Waals surface area contributed by atoms with Crippen molar-refractivity contribution in [2.75, 3.05) is 12.4 Å². The van der Waals surface area contributed by atoms with Crippen molar-refractivity contribution in [2.45, 2.75) is 25.7 Å². The molecule has 2 aromatic heterocycles. The molecule has 0 bridgehead atoms. The lowest BCUT2D eigenvalue weighted by Gasteiger charge is -2.11. The van der Waals surface area contributed by atoms with Crippen molar-refractivity contribution in [2.24, 2.45) is 0 Å². The first-order chi connectivity index (χ1) is 9.20. The minimum absolute atomic E-state index is 0.570. The number of anilines is 1. The number of aromatic nitrogens is 3. The topological polar surface area (TPSA) is 50.7 Å². The molecule has 98 valence electrons. The summed E-state index contributed by atoms with van der Waals surface area (Å²) in [5.74, 6) is 2.16. The van der Waals surface area contributed by atoms with Crippen molar-refractivity contribution in [3.8, 4) is 11.4 Å². The van der Waals surface area contributed by atoms with Crippen molar-refractivity contribution in [1.82, 2.24) is 15.0 Å². The largest absolute Gasteiger partial charge is 0.372 e. The molecular weight excluding hydrogens is 304 g/mol. The van der Waals surface area contributed by atoms with Crippen LogP contribution in [0, 0.1) is 6.92 Å². The zero-order valence-corrected chi connectivity index (χ0v) is 12.5. The molecule has 2 aromatic rings. The lowest BCUT2D eigenvalue weighted by molar-refractivity contribution is 0.977. The lowest BCUT2D eigenvalue weighted by atomic mass is 10.1.